The van der Waals surface area contributed by atoms with Gasteiger partial charge in [-0.05, 0) is 37.8 Å². The highest BCUT2D eigenvalue weighted by Gasteiger charge is 2.55. The molecule has 2 atom stereocenters. The molecule has 1 aromatic rings. The number of carbonyl (C=O) groups excluding carboxylic acids is 2. The van der Waals surface area contributed by atoms with Crippen LogP contribution in [-0.4, -0.2) is 65.5 Å². The molecule has 25 heavy (non-hydrogen) atoms. The lowest BCUT2D eigenvalue weighted by molar-refractivity contribution is -0.148. The second kappa shape index (κ2) is 6.57. The summed E-state index contributed by atoms with van der Waals surface area (Å²) in [5.74, 6) is -0.00880. The Balaban J connectivity index is 1.58. The van der Waals surface area contributed by atoms with Crippen molar-refractivity contribution in [2.24, 2.45) is 5.41 Å². The molecule has 0 spiro atoms. The van der Waals surface area contributed by atoms with Gasteiger partial charge in [0.2, 0.25) is 5.91 Å². The summed E-state index contributed by atoms with van der Waals surface area (Å²) >= 11 is 5.92. The minimum Gasteiger partial charge on any atom is -0.377 e. The van der Waals surface area contributed by atoms with E-state index in [9.17, 15) is 9.59 Å². The van der Waals surface area contributed by atoms with Gasteiger partial charge in [0.25, 0.3) is 5.91 Å². The molecular formula is C18H22ClN3O3. The predicted molar refractivity (Wildman–Crippen MR) is 92.4 cm³/mol. The van der Waals surface area contributed by atoms with Crippen LogP contribution in [0.5, 0.6) is 0 Å². The number of amides is 2. The van der Waals surface area contributed by atoms with E-state index < -0.39 is 5.41 Å². The first kappa shape index (κ1) is 16.8. The Morgan fingerprint density at radius 2 is 2.00 bits per heavy atom. The molecule has 0 bridgehead atoms. The van der Waals surface area contributed by atoms with E-state index in [0.717, 1.165) is 25.9 Å². The molecular weight excluding hydrogens is 342 g/mol. The molecule has 3 aliphatic heterocycles. The molecule has 3 fully saturated rings. The summed E-state index contributed by atoms with van der Waals surface area (Å²) < 4.78 is 5.87. The van der Waals surface area contributed by atoms with Crippen LogP contribution in [0.15, 0.2) is 18.2 Å². The maximum Gasteiger partial charge on any atom is 0.272 e. The summed E-state index contributed by atoms with van der Waals surface area (Å²) in [5.41, 5.74) is -0.273. The number of piperidine rings is 1. The quantitative estimate of drug-likeness (QED) is 0.754. The lowest BCUT2D eigenvalue weighted by Crippen LogP contribution is -2.58. The fraction of sp³-hybridized carbons (Fsp3) is 0.611. The van der Waals surface area contributed by atoms with Crippen LogP contribution in [0.2, 0.25) is 5.15 Å². The number of carbonyl (C=O) groups is 2. The van der Waals surface area contributed by atoms with Gasteiger partial charge in [-0.3, -0.25) is 9.59 Å². The van der Waals surface area contributed by atoms with Gasteiger partial charge in [-0.1, -0.05) is 17.7 Å². The molecule has 0 unspecified atom stereocenters. The van der Waals surface area contributed by atoms with Crippen LogP contribution >= 0.6 is 11.6 Å². The summed E-state index contributed by atoms with van der Waals surface area (Å²) in [6.45, 7) is 3.20. The third-order valence-electron chi connectivity index (χ3n) is 5.66. The molecule has 0 N–H and O–H groups in total. The molecule has 0 radical (unpaired) electrons. The van der Waals surface area contributed by atoms with Crippen LogP contribution in [-0.2, 0) is 9.53 Å². The Morgan fingerprint density at radius 1 is 1.20 bits per heavy atom. The molecule has 4 rings (SSSR count). The van der Waals surface area contributed by atoms with E-state index in [2.05, 4.69) is 4.98 Å². The average molecular weight is 364 g/mol. The summed E-state index contributed by atoms with van der Waals surface area (Å²) in [7, 11) is 0. The van der Waals surface area contributed by atoms with Gasteiger partial charge in [-0.2, -0.15) is 0 Å². The standard InChI is InChI=1S/C18H22ClN3O3/c19-15-5-3-4-13(20-15)16(23)22-10-6-14-18(12-22,7-11-25-14)17(24)21-8-1-2-9-21/h3-5,14H,1-2,6-12H2/t14-,18-/m1/s1. The smallest absolute Gasteiger partial charge is 0.272 e. The first-order chi connectivity index (χ1) is 12.1. The zero-order valence-electron chi connectivity index (χ0n) is 14.1. The first-order valence-electron chi connectivity index (χ1n) is 8.93. The van der Waals surface area contributed by atoms with Crippen LogP contribution in [0.1, 0.15) is 36.2 Å². The number of likely N-dealkylation sites (tertiary alicyclic amines) is 2. The number of halogens is 1. The Kier molecular flexibility index (Phi) is 4.41. The predicted octanol–water partition coefficient (Wildman–Crippen LogP) is 1.98. The van der Waals surface area contributed by atoms with Crippen molar-refractivity contribution in [3.63, 3.8) is 0 Å². The zero-order chi connectivity index (χ0) is 17.4. The summed E-state index contributed by atoms with van der Waals surface area (Å²) in [6.07, 6.45) is 3.40. The van der Waals surface area contributed by atoms with E-state index in [1.807, 2.05) is 4.90 Å². The van der Waals surface area contributed by atoms with Crippen molar-refractivity contribution < 1.29 is 14.3 Å². The topological polar surface area (TPSA) is 62.7 Å². The number of nitrogens with zero attached hydrogens (tertiary/aromatic N) is 3. The van der Waals surface area contributed by atoms with Crippen LogP contribution < -0.4 is 0 Å². The van der Waals surface area contributed by atoms with Gasteiger partial charge in [0, 0.05) is 32.8 Å². The highest BCUT2D eigenvalue weighted by Crippen LogP contribution is 2.43. The number of hydrogen-bond acceptors (Lipinski definition) is 4. The van der Waals surface area contributed by atoms with Crippen LogP contribution in [0.4, 0.5) is 0 Å². The molecule has 0 saturated carbocycles. The second-order valence-corrected chi connectivity index (χ2v) is 7.51. The van der Waals surface area contributed by atoms with Crippen molar-refractivity contribution in [1.82, 2.24) is 14.8 Å². The molecule has 6 nitrogen and oxygen atoms in total. The molecule has 2 amide bonds. The molecule has 0 aliphatic carbocycles. The van der Waals surface area contributed by atoms with E-state index in [0.29, 0.717) is 43.4 Å². The normalized spacial score (nSPS) is 28.9. The van der Waals surface area contributed by atoms with Crippen molar-refractivity contribution in [2.75, 3.05) is 32.8 Å². The monoisotopic (exact) mass is 363 g/mol. The fourth-order valence-corrected chi connectivity index (χ4v) is 4.51. The molecule has 3 saturated heterocycles. The molecule has 134 valence electrons. The Bertz CT molecular complexity index is 692. The second-order valence-electron chi connectivity index (χ2n) is 7.13. The van der Waals surface area contributed by atoms with Crippen molar-refractivity contribution in [3.05, 3.63) is 29.0 Å². The van der Waals surface area contributed by atoms with Crippen molar-refractivity contribution in [1.29, 1.82) is 0 Å². The van der Waals surface area contributed by atoms with Gasteiger partial charge < -0.3 is 14.5 Å². The SMILES string of the molecule is O=C(c1cccc(Cl)n1)N1CC[C@H]2OCC[C@@]2(C(=O)N2CCCC2)C1. The Labute approximate surface area is 152 Å². The Hall–Kier alpha value is -1.66. The number of pyridine rings is 1. The van der Waals surface area contributed by atoms with E-state index >= 15 is 0 Å². The van der Waals surface area contributed by atoms with Gasteiger partial charge in [0.05, 0.1) is 11.5 Å². The number of fused-ring (bicyclic) bond motifs is 1. The fourth-order valence-electron chi connectivity index (χ4n) is 4.35. The van der Waals surface area contributed by atoms with Crippen molar-refractivity contribution in [2.45, 2.75) is 31.8 Å². The van der Waals surface area contributed by atoms with Crippen molar-refractivity contribution in [3.8, 4) is 0 Å². The van der Waals surface area contributed by atoms with Crippen molar-refractivity contribution >= 4 is 23.4 Å². The highest BCUT2D eigenvalue weighted by atomic mass is 35.5. The number of ether oxygens (including phenoxy) is 1. The molecule has 0 aromatic carbocycles. The van der Waals surface area contributed by atoms with Gasteiger partial charge in [-0.25, -0.2) is 4.98 Å². The van der Waals surface area contributed by atoms with Crippen LogP contribution in [0.25, 0.3) is 0 Å². The molecule has 7 heteroatoms. The van der Waals surface area contributed by atoms with Gasteiger partial charge in [-0.15, -0.1) is 0 Å². The third kappa shape index (κ3) is 2.91. The van der Waals surface area contributed by atoms with Crippen LogP contribution in [0.3, 0.4) is 0 Å². The zero-order valence-corrected chi connectivity index (χ0v) is 14.9. The summed E-state index contributed by atoms with van der Waals surface area (Å²) in [4.78, 5) is 33.9. The highest BCUT2D eigenvalue weighted by molar-refractivity contribution is 6.29. The Morgan fingerprint density at radius 3 is 2.76 bits per heavy atom. The van der Waals surface area contributed by atoms with Crippen LogP contribution in [0, 0.1) is 5.41 Å². The van der Waals surface area contributed by atoms with E-state index in [4.69, 9.17) is 16.3 Å². The first-order valence-corrected chi connectivity index (χ1v) is 9.31. The van der Waals surface area contributed by atoms with Gasteiger partial charge in [0.15, 0.2) is 0 Å². The average Bonchev–Trinajstić information content (AvgIpc) is 3.30. The van der Waals surface area contributed by atoms with E-state index in [1.54, 1.807) is 23.1 Å². The number of aromatic nitrogens is 1. The molecule has 4 heterocycles. The van der Waals surface area contributed by atoms with E-state index in [1.165, 1.54) is 0 Å². The summed E-state index contributed by atoms with van der Waals surface area (Å²) in [5, 5.41) is 0.299. The minimum atomic E-state index is -0.600. The molecule has 3 aliphatic rings. The molecule has 1 aromatic heterocycles. The number of hydrogen-bond donors (Lipinski definition) is 0. The van der Waals surface area contributed by atoms with Gasteiger partial charge >= 0.3 is 0 Å². The maximum atomic E-state index is 13.2. The summed E-state index contributed by atoms with van der Waals surface area (Å²) in [6, 6.07) is 5.04. The largest absolute Gasteiger partial charge is 0.377 e. The lowest BCUT2D eigenvalue weighted by atomic mass is 9.75. The minimum absolute atomic E-state index is 0.0861. The van der Waals surface area contributed by atoms with Gasteiger partial charge in [0.1, 0.15) is 10.8 Å². The lowest BCUT2D eigenvalue weighted by Gasteiger charge is -2.44. The van der Waals surface area contributed by atoms with E-state index in [-0.39, 0.29) is 17.9 Å². The third-order valence-corrected chi connectivity index (χ3v) is 5.87. The maximum absolute atomic E-state index is 13.2. The number of rotatable bonds is 2.